The van der Waals surface area contributed by atoms with Gasteiger partial charge < -0.3 is 10.1 Å². The molecule has 0 spiro atoms. The van der Waals surface area contributed by atoms with E-state index in [-0.39, 0.29) is 5.41 Å². The molecule has 0 bridgehead atoms. The van der Waals surface area contributed by atoms with Crippen molar-refractivity contribution in [1.82, 2.24) is 4.98 Å². The third-order valence-corrected chi connectivity index (χ3v) is 7.22. The number of para-hydroxylation sites is 2. The van der Waals surface area contributed by atoms with Crippen LogP contribution in [0.1, 0.15) is 72.4 Å². The Bertz CT molecular complexity index is 1690. The Labute approximate surface area is 234 Å². The van der Waals surface area contributed by atoms with Crippen molar-refractivity contribution in [2.45, 2.75) is 52.1 Å². The van der Waals surface area contributed by atoms with Gasteiger partial charge in [0.15, 0.2) is 6.10 Å². The average molecular weight is 530 g/mol. The van der Waals surface area contributed by atoms with Gasteiger partial charge in [0.2, 0.25) is 0 Å². The van der Waals surface area contributed by atoms with Gasteiger partial charge in [-0.15, -0.1) is 0 Å². The van der Waals surface area contributed by atoms with E-state index < -0.39 is 18.0 Å². The van der Waals surface area contributed by atoms with Gasteiger partial charge in [-0.05, 0) is 71.7 Å². The first kappa shape index (κ1) is 26.8. The number of fused-ring (bicyclic) bond motifs is 2. The molecule has 4 aromatic rings. The van der Waals surface area contributed by atoms with Gasteiger partial charge in [0, 0.05) is 5.39 Å². The quantitative estimate of drug-likeness (QED) is 0.279. The number of amides is 1. The van der Waals surface area contributed by atoms with Gasteiger partial charge in [0.25, 0.3) is 5.91 Å². The molecule has 1 unspecified atom stereocenters. The van der Waals surface area contributed by atoms with E-state index in [1.54, 1.807) is 24.3 Å². The molecule has 40 heavy (non-hydrogen) atoms. The number of aromatic nitrogens is 1. The second-order valence-corrected chi connectivity index (χ2v) is 11.1. The van der Waals surface area contributed by atoms with Crippen molar-refractivity contribution < 1.29 is 14.3 Å². The lowest BCUT2D eigenvalue weighted by Crippen LogP contribution is -2.30. The minimum Gasteiger partial charge on any atom is -0.449 e. The first-order chi connectivity index (χ1) is 19.2. The van der Waals surface area contributed by atoms with Crippen LogP contribution in [-0.4, -0.2) is 23.0 Å². The average Bonchev–Trinajstić information content (AvgIpc) is 3.33. The molecule has 1 aromatic heterocycles. The van der Waals surface area contributed by atoms with E-state index in [0.29, 0.717) is 34.1 Å². The Morgan fingerprint density at radius 2 is 1.70 bits per heavy atom. The monoisotopic (exact) mass is 529 g/mol. The highest BCUT2D eigenvalue weighted by atomic mass is 16.5. The molecule has 0 fully saturated rings. The van der Waals surface area contributed by atoms with Crippen molar-refractivity contribution in [2.24, 2.45) is 0 Å². The van der Waals surface area contributed by atoms with Crippen LogP contribution in [0.5, 0.6) is 0 Å². The summed E-state index contributed by atoms with van der Waals surface area (Å²) in [5, 5.41) is 12.7. The van der Waals surface area contributed by atoms with E-state index in [1.165, 1.54) is 12.5 Å². The third-order valence-electron chi connectivity index (χ3n) is 7.22. The van der Waals surface area contributed by atoms with Crippen molar-refractivity contribution in [2.75, 3.05) is 5.32 Å². The second-order valence-electron chi connectivity index (χ2n) is 11.1. The second kappa shape index (κ2) is 10.8. The fraction of sp³-hybridized carbons (Fsp3) is 0.235. The smallest absolute Gasteiger partial charge is 0.339 e. The molecule has 0 radical (unpaired) electrons. The minimum atomic E-state index is -1.07. The van der Waals surface area contributed by atoms with Crippen LogP contribution in [-0.2, 0) is 21.4 Å². The van der Waals surface area contributed by atoms with Crippen LogP contribution in [0.2, 0.25) is 0 Å². The number of allylic oxidation sites excluding steroid dienone is 1. The van der Waals surface area contributed by atoms with Crippen molar-refractivity contribution in [3.63, 3.8) is 0 Å². The number of carbonyl (C=O) groups excluding carboxylic acids is 2. The van der Waals surface area contributed by atoms with Gasteiger partial charge >= 0.3 is 5.97 Å². The topological polar surface area (TPSA) is 92.1 Å². The van der Waals surface area contributed by atoms with E-state index in [4.69, 9.17) is 9.72 Å². The summed E-state index contributed by atoms with van der Waals surface area (Å²) in [5.41, 5.74) is 6.98. The number of hydrogen-bond acceptors (Lipinski definition) is 5. The number of nitrogens with zero attached hydrogens (tertiary/aromatic N) is 2. The molecule has 200 valence electrons. The van der Waals surface area contributed by atoms with Crippen molar-refractivity contribution in [1.29, 1.82) is 5.26 Å². The lowest BCUT2D eigenvalue weighted by Gasteiger charge is -2.18. The van der Waals surface area contributed by atoms with Gasteiger partial charge in [-0.3, -0.25) is 4.79 Å². The Morgan fingerprint density at radius 1 is 1.00 bits per heavy atom. The molecule has 1 aliphatic rings. The van der Waals surface area contributed by atoms with Crippen LogP contribution in [0.4, 0.5) is 5.69 Å². The van der Waals surface area contributed by atoms with Crippen LogP contribution in [0.15, 0.2) is 72.8 Å². The van der Waals surface area contributed by atoms with Crippen LogP contribution in [0, 0.1) is 11.3 Å². The molecule has 1 aliphatic carbocycles. The van der Waals surface area contributed by atoms with Crippen molar-refractivity contribution in [3.05, 3.63) is 106 Å². The van der Waals surface area contributed by atoms with Gasteiger partial charge in [-0.1, -0.05) is 75.4 Å². The maximum atomic E-state index is 13.6. The highest BCUT2D eigenvalue weighted by molar-refractivity contribution is 6.08. The zero-order chi connectivity index (χ0) is 28.4. The number of hydrogen-bond donors (Lipinski definition) is 1. The fourth-order valence-corrected chi connectivity index (χ4v) is 4.99. The number of ether oxygens (including phenoxy) is 1. The summed E-state index contributed by atoms with van der Waals surface area (Å²) in [6, 6.07) is 24.8. The molecule has 1 atom stereocenters. The standard InChI is InChI=1S/C34H31N3O3/c1-21(32(38)37-28-11-7-5-9-24(28)20-35)40-33(39)30-26-10-6-8-12-29(26)36-31-23(15-18-27(30)31)19-22-13-16-25(17-14-22)34(2,3)4/h5-14,16-17,19,21H,15,18H2,1-4H3,(H,37,38). The summed E-state index contributed by atoms with van der Waals surface area (Å²) in [4.78, 5) is 31.4. The van der Waals surface area contributed by atoms with Crippen LogP contribution >= 0.6 is 0 Å². The summed E-state index contributed by atoms with van der Waals surface area (Å²) in [6.45, 7) is 8.11. The number of pyridine rings is 1. The Kier molecular flexibility index (Phi) is 7.23. The summed E-state index contributed by atoms with van der Waals surface area (Å²) >= 11 is 0. The Balaban J connectivity index is 1.45. The Hall–Kier alpha value is -4.76. The fourth-order valence-electron chi connectivity index (χ4n) is 4.99. The predicted octanol–water partition coefficient (Wildman–Crippen LogP) is 7.07. The first-order valence-corrected chi connectivity index (χ1v) is 13.4. The number of nitrogens with one attached hydrogen (secondary N) is 1. The highest BCUT2D eigenvalue weighted by Crippen LogP contribution is 2.38. The minimum absolute atomic E-state index is 0.0779. The lowest BCUT2D eigenvalue weighted by atomic mass is 9.86. The van der Waals surface area contributed by atoms with E-state index in [0.717, 1.165) is 28.8 Å². The van der Waals surface area contributed by atoms with Crippen molar-refractivity contribution in [3.8, 4) is 6.07 Å². The van der Waals surface area contributed by atoms with E-state index in [9.17, 15) is 14.9 Å². The van der Waals surface area contributed by atoms with E-state index in [2.05, 4.69) is 62.5 Å². The number of rotatable bonds is 5. The highest BCUT2D eigenvalue weighted by Gasteiger charge is 2.29. The number of nitriles is 1. The zero-order valence-corrected chi connectivity index (χ0v) is 23.1. The summed E-state index contributed by atoms with van der Waals surface area (Å²) in [5.74, 6) is -1.08. The number of carbonyl (C=O) groups is 2. The number of esters is 1. The molecule has 6 nitrogen and oxygen atoms in total. The van der Waals surface area contributed by atoms with Crippen LogP contribution in [0.25, 0.3) is 22.6 Å². The van der Waals surface area contributed by atoms with E-state index >= 15 is 0 Å². The SMILES string of the molecule is CC(OC(=O)c1c2c(nc3ccccc13)C(=Cc1ccc(C(C)(C)C)cc1)CC2)C(=O)Nc1ccccc1C#N. The first-order valence-electron chi connectivity index (χ1n) is 13.4. The zero-order valence-electron chi connectivity index (χ0n) is 23.1. The van der Waals surface area contributed by atoms with E-state index in [1.807, 2.05) is 24.3 Å². The maximum Gasteiger partial charge on any atom is 0.339 e. The van der Waals surface area contributed by atoms with Crippen molar-refractivity contribution >= 4 is 40.1 Å². The molecule has 0 saturated carbocycles. The molecular weight excluding hydrogens is 498 g/mol. The molecular formula is C34H31N3O3. The van der Waals surface area contributed by atoms with Gasteiger partial charge in [-0.2, -0.15) is 5.26 Å². The predicted molar refractivity (Wildman–Crippen MR) is 158 cm³/mol. The summed E-state index contributed by atoms with van der Waals surface area (Å²) < 4.78 is 5.69. The Morgan fingerprint density at radius 3 is 2.42 bits per heavy atom. The third kappa shape index (κ3) is 5.37. The molecule has 1 amide bonds. The summed E-state index contributed by atoms with van der Waals surface area (Å²) in [6.07, 6.45) is 2.47. The molecule has 5 rings (SSSR count). The molecule has 0 aliphatic heterocycles. The van der Waals surface area contributed by atoms with Crippen LogP contribution < -0.4 is 5.32 Å². The number of anilines is 1. The molecule has 1 heterocycles. The molecule has 6 heteroatoms. The largest absolute Gasteiger partial charge is 0.449 e. The molecule has 1 N–H and O–H groups in total. The van der Waals surface area contributed by atoms with Gasteiger partial charge in [0.05, 0.1) is 28.0 Å². The maximum absolute atomic E-state index is 13.6. The number of benzene rings is 3. The summed E-state index contributed by atoms with van der Waals surface area (Å²) in [7, 11) is 0. The lowest BCUT2D eigenvalue weighted by molar-refractivity contribution is -0.123. The molecule has 3 aromatic carbocycles. The van der Waals surface area contributed by atoms with Gasteiger partial charge in [-0.25, -0.2) is 9.78 Å². The normalized spacial score (nSPS) is 14.4. The van der Waals surface area contributed by atoms with Gasteiger partial charge in [0.1, 0.15) is 6.07 Å². The molecule has 0 saturated heterocycles. The van der Waals surface area contributed by atoms with Crippen LogP contribution in [0.3, 0.4) is 0 Å².